The smallest absolute Gasteiger partial charge is 0.253 e. The van der Waals surface area contributed by atoms with E-state index in [0.29, 0.717) is 23.7 Å². The van der Waals surface area contributed by atoms with Crippen LogP contribution in [-0.4, -0.2) is 56.5 Å². The van der Waals surface area contributed by atoms with E-state index in [1.165, 1.54) is 0 Å². The summed E-state index contributed by atoms with van der Waals surface area (Å²) in [7, 11) is 0. The molecule has 1 aliphatic heterocycles. The molecule has 28 heavy (non-hydrogen) atoms. The molecule has 0 atom stereocenters. The molecule has 1 aromatic carbocycles. The first-order valence-electron chi connectivity index (χ1n) is 9.15. The highest BCUT2D eigenvalue weighted by Crippen LogP contribution is 2.19. The highest BCUT2D eigenvalue weighted by molar-refractivity contribution is 6.30. The average molecular weight is 397 g/mol. The molecule has 4 rings (SSSR count). The predicted molar refractivity (Wildman–Crippen MR) is 108 cm³/mol. The molecule has 0 radical (unpaired) electrons. The molecule has 1 saturated heterocycles. The number of aryl methyl sites for hydroxylation is 1. The van der Waals surface area contributed by atoms with Crippen molar-refractivity contribution in [2.75, 3.05) is 31.1 Å². The monoisotopic (exact) mass is 396 g/mol. The predicted octanol–water partition coefficient (Wildman–Crippen LogP) is 2.89. The summed E-state index contributed by atoms with van der Waals surface area (Å²) in [4.78, 5) is 29.8. The van der Waals surface area contributed by atoms with Gasteiger partial charge in [-0.3, -0.25) is 9.36 Å². The van der Waals surface area contributed by atoms with E-state index in [-0.39, 0.29) is 5.91 Å². The van der Waals surface area contributed by atoms with Crippen molar-refractivity contribution in [3.05, 3.63) is 65.0 Å². The summed E-state index contributed by atoms with van der Waals surface area (Å²) in [5.74, 6) is 1.68. The minimum absolute atomic E-state index is 0.0317. The lowest BCUT2D eigenvalue weighted by Crippen LogP contribution is -2.49. The number of carbonyl (C=O) groups excluding carboxylic acids is 1. The molecular weight excluding hydrogens is 376 g/mol. The highest BCUT2D eigenvalue weighted by Gasteiger charge is 2.23. The fourth-order valence-electron chi connectivity index (χ4n) is 3.29. The van der Waals surface area contributed by atoms with Gasteiger partial charge in [-0.1, -0.05) is 11.6 Å². The van der Waals surface area contributed by atoms with Crippen molar-refractivity contribution >= 4 is 23.3 Å². The normalized spacial score (nSPS) is 14.4. The number of benzene rings is 1. The van der Waals surface area contributed by atoms with Gasteiger partial charge >= 0.3 is 0 Å². The molecule has 0 bridgehead atoms. The maximum Gasteiger partial charge on any atom is 0.253 e. The Bertz CT molecular complexity index is 992. The maximum absolute atomic E-state index is 12.7. The van der Waals surface area contributed by atoms with Crippen LogP contribution in [0.5, 0.6) is 0 Å². The van der Waals surface area contributed by atoms with Gasteiger partial charge in [0.05, 0.1) is 5.69 Å². The van der Waals surface area contributed by atoms with Crippen molar-refractivity contribution in [3.63, 3.8) is 0 Å². The molecule has 8 heteroatoms. The molecule has 1 fully saturated rings. The topological polar surface area (TPSA) is 67.2 Å². The van der Waals surface area contributed by atoms with Crippen molar-refractivity contribution in [2.45, 2.75) is 13.8 Å². The number of aromatic nitrogens is 4. The zero-order chi connectivity index (χ0) is 19.7. The molecule has 3 aromatic rings. The molecule has 7 nitrogen and oxygen atoms in total. The van der Waals surface area contributed by atoms with E-state index < -0.39 is 0 Å². The van der Waals surface area contributed by atoms with Crippen molar-refractivity contribution in [1.82, 2.24) is 24.4 Å². The second kappa shape index (κ2) is 7.59. The van der Waals surface area contributed by atoms with Gasteiger partial charge in [0, 0.05) is 48.5 Å². The zero-order valence-corrected chi connectivity index (χ0v) is 16.6. The van der Waals surface area contributed by atoms with Gasteiger partial charge in [-0.15, -0.1) is 0 Å². The van der Waals surface area contributed by atoms with Crippen LogP contribution in [0, 0.1) is 13.8 Å². The number of nitrogens with zero attached hydrogens (tertiary/aromatic N) is 6. The van der Waals surface area contributed by atoms with Crippen LogP contribution >= 0.6 is 11.6 Å². The van der Waals surface area contributed by atoms with Crippen LogP contribution in [0.1, 0.15) is 21.7 Å². The Morgan fingerprint density at radius 1 is 0.964 bits per heavy atom. The van der Waals surface area contributed by atoms with Gasteiger partial charge in [0.1, 0.15) is 24.3 Å². The molecule has 1 amide bonds. The van der Waals surface area contributed by atoms with Gasteiger partial charge in [-0.05, 0) is 38.1 Å². The van der Waals surface area contributed by atoms with Crippen LogP contribution < -0.4 is 4.90 Å². The first kappa shape index (κ1) is 18.4. The lowest BCUT2D eigenvalue weighted by Gasteiger charge is -2.35. The number of hydrogen-bond donors (Lipinski definition) is 0. The Kier molecular flexibility index (Phi) is 5.00. The summed E-state index contributed by atoms with van der Waals surface area (Å²) in [5.41, 5.74) is 2.70. The lowest BCUT2D eigenvalue weighted by atomic mass is 10.2. The van der Waals surface area contributed by atoms with Crippen LogP contribution in [-0.2, 0) is 0 Å². The first-order chi connectivity index (χ1) is 13.5. The Balaban J connectivity index is 1.45. The number of amides is 1. The summed E-state index contributed by atoms with van der Waals surface area (Å²) >= 11 is 5.91. The number of halogens is 1. The van der Waals surface area contributed by atoms with E-state index in [9.17, 15) is 4.79 Å². The molecule has 3 heterocycles. The number of carbonyl (C=O) groups is 1. The second-order valence-corrected chi connectivity index (χ2v) is 7.24. The summed E-state index contributed by atoms with van der Waals surface area (Å²) in [5, 5.41) is 0.629. The largest absolute Gasteiger partial charge is 0.353 e. The van der Waals surface area contributed by atoms with E-state index in [4.69, 9.17) is 11.6 Å². The number of hydrogen-bond acceptors (Lipinski definition) is 5. The third-order valence-electron chi connectivity index (χ3n) is 5.12. The van der Waals surface area contributed by atoms with Crippen LogP contribution in [0.4, 0.5) is 5.82 Å². The van der Waals surface area contributed by atoms with Crippen LogP contribution in [0.15, 0.2) is 43.0 Å². The Labute approximate surface area is 168 Å². The van der Waals surface area contributed by atoms with Gasteiger partial charge in [0.15, 0.2) is 0 Å². The van der Waals surface area contributed by atoms with Gasteiger partial charge in [-0.2, -0.15) is 0 Å². The van der Waals surface area contributed by atoms with Crippen LogP contribution in [0.25, 0.3) is 5.82 Å². The summed E-state index contributed by atoms with van der Waals surface area (Å²) in [6.07, 6.45) is 3.35. The number of rotatable bonds is 3. The summed E-state index contributed by atoms with van der Waals surface area (Å²) in [6, 6.07) is 8.98. The van der Waals surface area contributed by atoms with E-state index in [1.54, 1.807) is 36.9 Å². The van der Waals surface area contributed by atoms with Crippen LogP contribution in [0.2, 0.25) is 5.02 Å². The van der Waals surface area contributed by atoms with Crippen molar-refractivity contribution in [2.24, 2.45) is 0 Å². The molecule has 1 aliphatic rings. The van der Waals surface area contributed by atoms with E-state index >= 15 is 0 Å². The molecule has 0 saturated carbocycles. The van der Waals surface area contributed by atoms with E-state index in [0.717, 1.165) is 36.1 Å². The van der Waals surface area contributed by atoms with Gasteiger partial charge < -0.3 is 9.80 Å². The average Bonchev–Trinajstić information content (AvgIpc) is 3.07. The quantitative estimate of drug-likeness (QED) is 0.681. The van der Waals surface area contributed by atoms with E-state index in [1.807, 2.05) is 29.4 Å². The summed E-state index contributed by atoms with van der Waals surface area (Å²) in [6.45, 7) is 6.72. The molecule has 0 unspecified atom stereocenters. The van der Waals surface area contributed by atoms with Gasteiger partial charge in [-0.25, -0.2) is 15.0 Å². The fourth-order valence-corrected chi connectivity index (χ4v) is 3.41. The van der Waals surface area contributed by atoms with Crippen molar-refractivity contribution in [1.29, 1.82) is 0 Å². The van der Waals surface area contributed by atoms with Gasteiger partial charge in [0.2, 0.25) is 0 Å². The van der Waals surface area contributed by atoms with Gasteiger partial charge in [0.25, 0.3) is 5.91 Å². The Hall–Kier alpha value is -2.93. The Morgan fingerprint density at radius 2 is 1.64 bits per heavy atom. The fraction of sp³-hybridized carbons (Fsp3) is 0.300. The number of imidazole rings is 1. The maximum atomic E-state index is 12.7. The summed E-state index contributed by atoms with van der Waals surface area (Å²) < 4.78 is 1.96. The standard InChI is InChI=1S/C20H21ClN6O/c1-14-15(2)27(13-24-14)19-11-18(22-12-23-19)25-7-9-26(10-8-25)20(28)16-3-5-17(21)6-4-16/h3-6,11-13H,7-10H2,1-2H3. The lowest BCUT2D eigenvalue weighted by molar-refractivity contribution is 0.0746. The van der Waals surface area contributed by atoms with Crippen molar-refractivity contribution < 1.29 is 4.79 Å². The molecule has 0 N–H and O–H groups in total. The molecular formula is C20H21ClN6O. The third-order valence-corrected chi connectivity index (χ3v) is 5.37. The number of piperazine rings is 1. The zero-order valence-electron chi connectivity index (χ0n) is 15.8. The third kappa shape index (κ3) is 3.57. The second-order valence-electron chi connectivity index (χ2n) is 6.81. The Morgan fingerprint density at radius 3 is 2.29 bits per heavy atom. The molecule has 2 aromatic heterocycles. The SMILES string of the molecule is Cc1ncn(-c2cc(N3CCN(C(=O)c4ccc(Cl)cc4)CC3)ncn2)c1C. The molecule has 0 spiro atoms. The van der Waals surface area contributed by atoms with Crippen molar-refractivity contribution in [3.8, 4) is 5.82 Å². The molecule has 0 aliphatic carbocycles. The molecule has 144 valence electrons. The highest BCUT2D eigenvalue weighted by atomic mass is 35.5. The minimum Gasteiger partial charge on any atom is -0.353 e. The number of anilines is 1. The first-order valence-corrected chi connectivity index (χ1v) is 9.53. The van der Waals surface area contributed by atoms with E-state index in [2.05, 4.69) is 19.9 Å². The van der Waals surface area contributed by atoms with Crippen LogP contribution in [0.3, 0.4) is 0 Å². The minimum atomic E-state index is 0.0317.